The SMILES string of the molecule is CC(C)(C)OC(=O)N[C@H]1CCCCC/C=C\[C@@H]2C[C@@]2(C(=O)NS(=O)(=O)C2(C)CC2)NC(=O)[C@@H]2C[C@]3(CCc4c(c(C(F)(F)F)nc5ccc(OCCN6CC(F)(F)C6)cc45)O3)CN2C1=O. The highest BCUT2D eigenvalue weighted by molar-refractivity contribution is 7.91. The number of carbonyl (C=O) groups is 4. The minimum absolute atomic E-state index is 0.00404. The number of ether oxygens (including phenoxy) is 3. The summed E-state index contributed by atoms with van der Waals surface area (Å²) in [6.07, 6.45) is 0.660. The number of nitrogens with zero attached hydrogens (tertiary/aromatic N) is 3. The predicted octanol–water partition coefficient (Wildman–Crippen LogP) is 5.54. The highest BCUT2D eigenvalue weighted by Crippen LogP contribution is 2.51. The molecule has 356 valence electrons. The highest BCUT2D eigenvalue weighted by Gasteiger charge is 2.64. The summed E-state index contributed by atoms with van der Waals surface area (Å²) in [7, 11) is -4.13. The van der Waals surface area contributed by atoms with Gasteiger partial charge in [0.25, 0.3) is 11.8 Å². The number of amides is 4. The first-order valence-electron chi connectivity index (χ1n) is 22.1. The van der Waals surface area contributed by atoms with Gasteiger partial charge in [-0.25, -0.2) is 27.0 Å². The molecule has 21 heteroatoms. The second-order valence-corrected chi connectivity index (χ2v) is 21.9. The van der Waals surface area contributed by atoms with E-state index in [2.05, 4.69) is 20.3 Å². The third-order valence-electron chi connectivity index (χ3n) is 13.3. The van der Waals surface area contributed by atoms with Gasteiger partial charge in [-0.2, -0.15) is 13.2 Å². The molecular formula is C44H55F5N6O9S. The molecule has 2 saturated heterocycles. The van der Waals surface area contributed by atoms with Crippen molar-refractivity contribution in [2.75, 3.05) is 32.8 Å². The lowest BCUT2D eigenvalue weighted by Gasteiger charge is -2.38. The van der Waals surface area contributed by atoms with Crippen LogP contribution in [0.1, 0.15) is 103 Å². The van der Waals surface area contributed by atoms with E-state index < -0.39 is 110 Å². The smallest absolute Gasteiger partial charge is 0.437 e. The van der Waals surface area contributed by atoms with Crippen molar-refractivity contribution < 1.29 is 63.8 Å². The molecule has 2 aliphatic carbocycles. The number of rotatable bonds is 8. The van der Waals surface area contributed by atoms with Gasteiger partial charge in [0.1, 0.15) is 41.2 Å². The molecule has 2 aromatic rings. The molecule has 15 nitrogen and oxygen atoms in total. The Kier molecular flexibility index (Phi) is 11.9. The van der Waals surface area contributed by atoms with Crippen LogP contribution in [0.15, 0.2) is 30.4 Å². The second kappa shape index (κ2) is 16.5. The molecule has 8 rings (SSSR count). The van der Waals surface area contributed by atoms with E-state index in [4.69, 9.17) is 14.2 Å². The van der Waals surface area contributed by atoms with Crippen LogP contribution in [-0.4, -0.2) is 119 Å². The van der Waals surface area contributed by atoms with Crippen LogP contribution in [0.25, 0.3) is 10.9 Å². The monoisotopic (exact) mass is 938 g/mol. The average molecular weight is 939 g/mol. The Morgan fingerprint density at radius 2 is 1.77 bits per heavy atom. The zero-order valence-electron chi connectivity index (χ0n) is 36.7. The predicted molar refractivity (Wildman–Crippen MR) is 224 cm³/mol. The Bertz CT molecular complexity index is 2400. The largest absolute Gasteiger partial charge is 0.492 e. The summed E-state index contributed by atoms with van der Waals surface area (Å²) in [6.45, 7) is 5.54. The molecule has 4 aliphatic heterocycles. The zero-order valence-corrected chi connectivity index (χ0v) is 37.6. The Morgan fingerprint density at radius 1 is 1.03 bits per heavy atom. The van der Waals surface area contributed by atoms with Crippen LogP contribution >= 0.6 is 0 Å². The van der Waals surface area contributed by atoms with Crippen LogP contribution in [0.5, 0.6) is 11.5 Å². The van der Waals surface area contributed by atoms with Crippen LogP contribution in [-0.2, 0) is 41.7 Å². The molecule has 2 saturated carbocycles. The molecule has 3 N–H and O–H groups in total. The maximum atomic E-state index is 14.9. The zero-order chi connectivity index (χ0) is 47.0. The van der Waals surface area contributed by atoms with Crippen molar-refractivity contribution in [2.45, 2.75) is 144 Å². The van der Waals surface area contributed by atoms with E-state index in [1.54, 1.807) is 26.8 Å². The van der Waals surface area contributed by atoms with Crippen LogP contribution in [0.4, 0.5) is 26.7 Å². The average Bonchev–Trinajstić information content (AvgIpc) is 4.09. The van der Waals surface area contributed by atoms with Crippen LogP contribution in [0, 0.1) is 5.92 Å². The first kappa shape index (κ1) is 46.7. The van der Waals surface area contributed by atoms with Crippen LogP contribution < -0.4 is 24.8 Å². The van der Waals surface area contributed by atoms with E-state index in [0.717, 1.165) is 0 Å². The van der Waals surface area contributed by atoms with E-state index in [-0.39, 0.29) is 68.6 Å². The number of sulfonamides is 1. The van der Waals surface area contributed by atoms with E-state index >= 15 is 0 Å². The first-order chi connectivity index (χ1) is 30.3. The van der Waals surface area contributed by atoms with Gasteiger partial charge in [-0.15, -0.1) is 0 Å². The summed E-state index contributed by atoms with van der Waals surface area (Å²) in [6, 6.07) is 1.66. The molecule has 6 aliphatic rings. The molecular weight excluding hydrogens is 884 g/mol. The standard InChI is InChI=1S/C44H55F5N6O9S/c1-39(2,3)64-38(59)51-31-11-9-7-5-6-8-10-26-21-43(26,37(58)53-65(60,61)40(4)16-17-40)52-35(56)32-22-41(23-55(32)36(31)57)15-14-28-29-20-27(62-19-18-54-24-42(45,46)25-54)12-13-30(29)50-34(33(28)63-41)44(47,48)49/h8,10,12-13,20,26,31-32H,5-7,9,11,14-19,21-25H2,1-4H3,(H,51,59)(H,52,56)(H,53,58)/b10-8-/t26-,31+,32+,41-,43-/m1/s1. The van der Waals surface area contributed by atoms with Crippen molar-refractivity contribution in [1.29, 1.82) is 0 Å². The second-order valence-electron chi connectivity index (χ2n) is 19.8. The number of allylic oxidation sites excluding steroid dienone is 1. The molecule has 5 atom stereocenters. The van der Waals surface area contributed by atoms with Crippen molar-refractivity contribution in [1.82, 2.24) is 30.1 Å². The number of hydrogen-bond acceptors (Lipinski definition) is 11. The van der Waals surface area contributed by atoms with Gasteiger partial charge >= 0.3 is 12.3 Å². The van der Waals surface area contributed by atoms with E-state index in [1.807, 2.05) is 6.08 Å². The van der Waals surface area contributed by atoms with Gasteiger partial charge in [-0.1, -0.05) is 25.0 Å². The van der Waals surface area contributed by atoms with E-state index in [9.17, 15) is 49.5 Å². The Hall–Kier alpha value is -4.79. The van der Waals surface area contributed by atoms with Crippen LogP contribution in [0.3, 0.4) is 0 Å². The lowest BCUT2D eigenvalue weighted by Crippen LogP contribution is -2.58. The maximum absolute atomic E-state index is 14.9. The molecule has 0 unspecified atom stereocenters. The fraction of sp³-hybridized carbons (Fsp3) is 0.659. The summed E-state index contributed by atoms with van der Waals surface area (Å²) in [4.78, 5) is 63.4. The van der Waals surface area contributed by atoms with Gasteiger partial charge in [-0.3, -0.25) is 24.0 Å². The number of pyridine rings is 1. The van der Waals surface area contributed by atoms with Crippen molar-refractivity contribution >= 4 is 44.7 Å². The Labute approximate surface area is 373 Å². The topological polar surface area (TPSA) is 186 Å². The van der Waals surface area contributed by atoms with Gasteiger partial charge in [0.2, 0.25) is 21.8 Å². The number of benzene rings is 1. The molecule has 65 heavy (non-hydrogen) atoms. The summed E-state index contributed by atoms with van der Waals surface area (Å²) >= 11 is 0. The minimum atomic E-state index is -5.00. The third kappa shape index (κ3) is 9.72. The molecule has 1 aromatic carbocycles. The Morgan fingerprint density at radius 3 is 2.45 bits per heavy atom. The number of halogens is 5. The number of aromatic nitrogens is 1. The number of nitrogens with one attached hydrogen (secondary N) is 3. The lowest BCUT2D eigenvalue weighted by atomic mass is 9.87. The van der Waals surface area contributed by atoms with Gasteiger partial charge < -0.3 is 29.7 Å². The van der Waals surface area contributed by atoms with Crippen molar-refractivity contribution in [3.05, 3.63) is 41.6 Å². The molecule has 4 amide bonds. The van der Waals surface area contributed by atoms with Gasteiger partial charge in [0.05, 0.1) is 29.9 Å². The van der Waals surface area contributed by atoms with Crippen molar-refractivity contribution in [3.63, 3.8) is 0 Å². The van der Waals surface area contributed by atoms with Gasteiger partial charge in [0, 0.05) is 29.8 Å². The third-order valence-corrected chi connectivity index (χ3v) is 15.5. The fourth-order valence-electron chi connectivity index (χ4n) is 9.30. The quantitative estimate of drug-likeness (QED) is 0.223. The number of aryl methyl sites for hydroxylation is 1. The van der Waals surface area contributed by atoms with Gasteiger partial charge in [0.15, 0.2) is 11.4 Å². The van der Waals surface area contributed by atoms with E-state index in [0.29, 0.717) is 43.9 Å². The summed E-state index contributed by atoms with van der Waals surface area (Å²) < 4.78 is 117. The van der Waals surface area contributed by atoms with Gasteiger partial charge in [-0.05, 0) is 97.3 Å². The number of fused-ring (bicyclic) bond motifs is 5. The molecule has 1 spiro atoms. The molecule has 0 radical (unpaired) electrons. The first-order valence-corrected chi connectivity index (χ1v) is 23.6. The molecule has 0 bridgehead atoms. The summed E-state index contributed by atoms with van der Waals surface area (Å²) in [5.41, 5.74) is -5.39. The number of carbonyl (C=O) groups excluding carboxylic acids is 4. The highest BCUT2D eigenvalue weighted by atomic mass is 32.2. The molecule has 1 aromatic heterocycles. The van der Waals surface area contributed by atoms with Crippen molar-refractivity contribution in [2.24, 2.45) is 5.92 Å². The molecule has 5 heterocycles. The number of hydrogen-bond donors (Lipinski definition) is 3. The maximum Gasteiger partial charge on any atom is 0.437 e. The number of alkyl carbamates (subject to hydrolysis) is 1. The summed E-state index contributed by atoms with van der Waals surface area (Å²) in [5.74, 6) is -6.17. The molecule has 4 fully saturated rings. The van der Waals surface area contributed by atoms with Crippen LogP contribution in [0.2, 0.25) is 0 Å². The lowest BCUT2D eigenvalue weighted by molar-refractivity contribution is -0.144. The number of alkyl halides is 5. The Balaban J connectivity index is 1.13. The fourth-order valence-corrected chi connectivity index (χ4v) is 10.6. The normalized spacial score (nSPS) is 29.4. The minimum Gasteiger partial charge on any atom is -0.492 e. The van der Waals surface area contributed by atoms with E-state index in [1.165, 1.54) is 34.9 Å². The van der Waals surface area contributed by atoms with Crippen molar-refractivity contribution in [3.8, 4) is 11.5 Å². The summed E-state index contributed by atoms with van der Waals surface area (Å²) in [5, 5.41) is 5.73. The number of likely N-dealkylation sites (tertiary alicyclic amines) is 1.